The molecule has 242 valence electrons. The van der Waals surface area contributed by atoms with Gasteiger partial charge < -0.3 is 18.9 Å². The van der Waals surface area contributed by atoms with Crippen LogP contribution in [-0.2, 0) is 29.9 Å². The van der Waals surface area contributed by atoms with E-state index in [2.05, 4.69) is 95.1 Å². The smallest absolute Gasteiger partial charge is 0.309 e. The van der Waals surface area contributed by atoms with Crippen molar-refractivity contribution in [3.05, 3.63) is 88.7 Å². The average molecular weight is 618 g/mol. The van der Waals surface area contributed by atoms with E-state index in [4.69, 9.17) is 18.9 Å². The summed E-state index contributed by atoms with van der Waals surface area (Å²) in [4.78, 5) is 42.1. The fraction of sp³-hybridized carbons (Fsp3) is 0.459. The molecular formula is C37H47NO7. The van der Waals surface area contributed by atoms with Crippen LogP contribution in [0.5, 0.6) is 11.5 Å². The number of ketones is 1. The van der Waals surface area contributed by atoms with Crippen molar-refractivity contribution in [1.29, 1.82) is 0 Å². The molecule has 0 spiro atoms. The summed E-state index contributed by atoms with van der Waals surface area (Å²) in [7, 11) is 1.42. The van der Waals surface area contributed by atoms with Gasteiger partial charge in [-0.15, -0.1) is 0 Å². The number of methoxy groups -OCH3 is 1. The van der Waals surface area contributed by atoms with Crippen LogP contribution in [0.1, 0.15) is 107 Å². The predicted molar refractivity (Wildman–Crippen MR) is 174 cm³/mol. The van der Waals surface area contributed by atoms with Gasteiger partial charge in [-0.2, -0.15) is 0 Å². The molecule has 0 saturated carbocycles. The summed E-state index contributed by atoms with van der Waals surface area (Å²) < 4.78 is 21.7. The Kier molecular flexibility index (Phi) is 11.5. The van der Waals surface area contributed by atoms with Crippen molar-refractivity contribution in [2.24, 2.45) is 5.92 Å². The van der Waals surface area contributed by atoms with Gasteiger partial charge in [-0.3, -0.25) is 14.4 Å². The Morgan fingerprint density at radius 3 is 1.76 bits per heavy atom. The van der Waals surface area contributed by atoms with E-state index in [9.17, 15) is 14.4 Å². The lowest BCUT2D eigenvalue weighted by atomic mass is 9.81. The van der Waals surface area contributed by atoms with Gasteiger partial charge in [0.2, 0.25) is 6.79 Å². The molecule has 0 radical (unpaired) electrons. The zero-order chi connectivity index (χ0) is 33.5. The van der Waals surface area contributed by atoms with Crippen LogP contribution >= 0.6 is 0 Å². The molecular weight excluding hydrogens is 570 g/mol. The Hall–Kier alpha value is -4.20. The summed E-state index contributed by atoms with van der Waals surface area (Å²) in [5.41, 5.74) is 4.48. The number of esters is 2. The van der Waals surface area contributed by atoms with Gasteiger partial charge in [-0.1, -0.05) is 97.0 Å². The largest absolute Gasteiger partial charge is 0.493 e. The van der Waals surface area contributed by atoms with Gasteiger partial charge in [0.1, 0.15) is 6.10 Å². The first-order valence-electron chi connectivity index (χ1n) is 15.3. The second-order valence-corrected chi connectivity index (χ2v) is 13.5. The number of carbonyl (C=O) groups excluding carboxylic acids is 3. The van der Waals surface area contributed by atoms with E-state index in [0.29, 0.717) is 0 Å². The van der Waals surface area contributed by atoms with Crippen LogP contribution in [0.4, 0.5) is 0 Å². The second kappa shape index (κ2) is 14.7. The number of carbonyl (C=O) groups is 3. The number of aromatic nitrogens is 1. The van der Waals surface area contributed by atoms with Crippen LogP contribution < -0.4 is 9.47 Å². The molecule has 0 fully saturated rings. The van der Waals surface area contributed by atoms with Gasteiger partial charge in [-0.25, -0.2) is 4.98 Å². The van der Waals surface area contributed by atoms with Crippen molar-refractivity contribution in [1.82, 2.24) is 4.98 Å². The van der Waals surface area contributed by atoms with E-state index in [1.807, 2.05) is 6.92 Å². The second-order valence-electron chi connectivity index (χ2n) is 13.5. The molecule has 0 aliphatic rings. The Morgan fingerprint density at radius 2 is 1.31 bits per heavy atom. The predicted octanol–water partition coefficient (Wildman–Crippen LogP) is 7.56. The molecule has 3 aromatic rings. The third-order valence-corrected chi connectivity index (χ3v) is 7.75. The summed E-state index contributed by atoms with van der Waals surface area (Å²) in [6.07, 6.45) is 0.727. The molecule has 2 atom stereocenters. The molecule has 1 heterocycles. The lowest BCUT2D eigenvalue weighted by Gasteiger charge is -2.28. The highest BCUT2D eigenvalue weighted by Gasteiger charge is 2.30. The number of ether oxygens (including phenoxy) is 4. The first kappa shape index (κ1) is 35.3. The zero-order valence-electron chi connectivity index (χ0n) is 28.2. The maximum Gasteiger partial charge on any atom is 0.309 e. The molecule has 0 N–H and O–H groups in total. The third kappa shape index (κ3) is 9.40. The van der Waals surface area contributed by atoms with Crippen LogP contribution in [0, 0.1) is 5.92 Å². The van der Waals surface area contributed by atoms with Crippen molar-refractivity contribution in [2.75, 3.05) is 13.9 Å². The van der Waals surface area contributed by atoms with E-state index in [0.717, 1.165) is 11.1 Å². The fourth-order valence-electron chi connectivity index (χ4n) is 5.04. The maximum absolute atomic E-state index is 13.4. The maximum atomic E-state index is 13.4. The molecule has 8 nitrogen and oxygen atoms in total. The topological polar surface area (TPSA) is 101 Å². The normalized spacial score (nSPS) is 13.1. The quantitative estimate of drug-likeness (QED) is 0.117. The first-order valence-corrected chi connectivity index (χ1v) is 15.3. The van der Waals surface area contributed by atoms with Gasteiger partial charge >= 0.3 is 11.9 Å². The highest BCUT2D eigenvalue weighted by atomic mass is 16.7. The van der Waals surface area contributed by atoms with Gasteiger partial charge in [0.15, 0.2) is 23.0 Å². The summed E-state index contributed by atoms with van der Waals surface area (Å²) in [6, 6.07) is 18.5. The van der Waals surface area contributed by atoms with E-state index in [1.165, 1.54) is 37.4 Å². The van der Waals surface area contributed by atoms with Crippen LogP contribution in [0.15, 0.2) is 60.8 Å². The lowest BCUT2D eigenvalue weighted by Crippen LogP contribution is -2.28. The molecule has 3 rings (SSSR count). The minimum absolute atomic E-state index is 0.00538. The van der Waals surface area contributed by atoms with Crippen molar-refractivity contribution in [3.8, 4) is 11.5 Å². The zero-order valence-corrected chi connectivity index (χ0v) is 28.2. The molecule has 0 unspecified atom stereocenters. The van der Waals surface area contributed by atoms with Crippen molar-refractivity contribution < 1.29 is 33.3 Å². The fourth-order valence-corrected chi connectivity index (χ4v) is 5.04. The summed E-state index contributed by atoms with van der Waals surface area (Å²) in [6.45, 7) is 17.4. The highest BCUT2D eigenvalue weighted by molar-refractivity contribution is 5.99. The number of nitrogens with zero attached hydrogens (tertiary/aromatic N) is 1. The van der Waals surface area contributed by atoms with Crippen molar-refractivity contribution in [2.45, 2.75) is 91.6 Å². The number of Topliss-reactive ketones (excluding diaryl/α,β-unsaturated/α-hetero) is 1. The Balaban J connectivity index is 1.83. The SMILES string of the molecule is COc1ccnc(C(=O)C[C@@H](C)C(=O)O[C@@H](C)C(c2ccc(C(C)(C)C)cc2)c2ccc(C(C)(C)C)cc2)c1OCOC(C)=O. The summed E-state index contributed by atoms with van der Waals surface area (Å²) in [5.74, 6) is -2.16. The van der Waals surface area contributed by atoms with Crippen LogP contribution in [0.3, 0.4) is 0 Å². The van der Waals surface area contributed by atoms with Gasteiger partial charge in [-0.05, 0) is 40.0 Å². The minimum Gasteiger partial charge on any atom is -0.493 e. The molecule has 0 aliphatic heterocycles. The number of benzene rings is 2. The number of hydrogen-bond donors (Lipinski definition) is 0. The van der Waals surface area contributed by atoms with Crippen LogP contribution in [0.2, 0.25) is 0 Å². The molecule has 8 heteroatoms. The Bertz CT molecular complexity index is 1410. The highest BCUT2D eigenvalue weighted by Crippen LogP contribution is 2.35. The molecule has 0 aliphatic carbocycles. The van der Waals surface area contributed by atoms with E-state index < -0.39 is 36.5 Å². The Morgan fingerprint density at radius 1 is 0.800 bits per heavy atom. The molecule has 1 aromatic heterocycles. The van der Waals surface area contributed by atoms with Crippen molar-refractivity contribution >= 4 is 17.7 Å². The Labute approximate surface area is 267 Å². The number of pyridine rings is 1. The standard InChI is InChI=1S/C37H47NO7/c1-23(21-30(40)33-34(44-22-43-25(3)39)31(42-10)19-20-38-33)35(41)45-24(2)32(26-11-15-28(16-12-26)36(4,5)6)27-13-17-29(18-14-27)37(7,8)9/h11-20,23-24,32H,21-22H2,1-10H3/t23-,24+/m1/s1. The van der Waals surface area contributed by atoms with Crippen molar-refractivity contribution in [3.63, 3.8) is 0 Å². The lowest BCUT2D eigenvalue weighted by molar-refractivity contribution is -0.153. The van der Waals surface area contributed by atoms with Crippen LogP contribution in [0.25, 0.3) is 0 Å². The van der Waals surface area contributed by atoms with E-state index in [-0.39, 0.29) is 40.4 Å². The first-order chi connectivity index (χ1) is 21.0. The van der Waals surface area contributed by atoms with Gasteiger partial charge in [0.25, 0.3) is 0 Å². The van der Waals surface area contributed by atoms with E-state index >= 15 is 0 Å². The van der Waals surface area contributed by atoms with Gasteiger partial charge in [0.05, 0.1) is 13.0 Å². The van der Waals surface area contributed by atoms with Gasteiger partial charge in [0, 0.05) is 31.5 Å². The minimum atomic E-state index is -0.763. The van der Waals surface area contributed by atoms with E-state index in [1.54, 1.807) is 6.92 Å². The number of hydrogen-bond acceptors (Lipinski definition) is 8. The molecule has 0 bridgehead atoms. The summed E-state index contributed by atoms with van der Waals surface area (Å²) >= 11 is 0. The average Bonchev–Trinajstić information content (AvgIpc) is 2.96. The third-order valence-electron chi connectivity index (χ3n) is 7.75. The molecule has 0 amide bonds. The monoisotopic (exact) mass is 617 g/mol. The molecule has 2 aromatic carbocycles. The molecule has 0 saturated heterocycles. The number of rotatable bonds is 12. The van der Waals surface area contributed by atoms with Crippen LogP contribution in [-0.4, -0.2) is 42.7 Å². The molecule has 45 heavy (non-hydrogen) atoms. The summed E-state index contributed by atoms with van der Waals surface area (Å²) in [5, 5.41) is 0.